The number of anilines is 1. The summed E-state index contributed by atoms with van der Waals surface area (Å²) >= 11 is 1.53. The van der Waals surface area contributed by atoms with Gasteiger partial charge in [0.1, 0.15) is 11.4 Å². The number of aromatic amines is 1. The summed E-state index contributed by atoms with van der Waals surface area (Å²) in [5.74, 6) is 0.910. The number of pyridine rings is 1. The highest BCUT2D eigenvalue weighted by atomic mass is 32.1. The molecule has 2 fully saturated rings. The van der Waals surface area contributed by atoms with Crippen molar-refractivity contribution in [1.82, 2.24) is 25.2 Å². The third-order valence-corrected chi connectivity index (χ3v) is 7.80. The van der Waals surface area contributed by atoms with Crippen LogP contribution in [0.25, 0.3) is 22.3 Å². The Balaban J connectivity index is 1.09. The Bertz CT molecular complexity index is 1360. The SMILES string of the molecule is O=C(Cc1cccc(OCCCN2CCNCC2)c1)N(c1nc(-c2c[nH]c3ncccc23)cs1)C1CC1. The Hall–Kier alpha value is -3.27. The number of nitrogens with zero attached hydrogens (tertiary/aromatic N) is 4. The lowest BCUT2D eigenvalue weighted by atomic mass is 10.1. The third kappa shape index (κ3) is 5.69. The normalized spacial score (nSPS) is 16.2. The first-order valence-electron chi connectivity index (χ1n) is 13.1. The molecule has 0 radical (unpaired) electrons. The maximum Gasteiger partial charge on any atom is 0.233 e. The Morgan fingerprint density at radius 2 is 2.08 bits per heavy atom. The van der Waals surface area contributed by atoms with Gasteiger partial charge in [0.2, 0.25) is 5.91 Å². The van der Waals surface area contributed by atoms with Crippen LogP contribution in [0.1, 0.15) is 24.8 Å². The largest absolute Gasteiger partial charge is 0.494 e. The van der Waals surface area contributed by atoms with Crippen LogP contribution in [0.2, 0.25) is 0 Å². The second-order valence-electron chi connectivity index (χ2n) is 9.73. The van der Waals surface area contributed by atoms with Crippen LogP contribution in [0.3, 0.4) is 0 Å². The van der Waals surface area contributed by atoms with Gasteiger partial charge in [-0.2, -0.15) is 0 Å². The van der Waals surface area contributed by atoms with Gasteiger partial charge in [0.25, 0.3) is 0 Å². The molecule has 0 atom stereocenters. The van der Waals surface area contributed by atoms with Crippen molar-refractivity contribution in [3.05, 3.63) is 59.7 Å². The molecule has 8 nitrogen and oxygen atoms in total. The standard InChI is InChI=1S/C28H32N6O2S/c35-26(17-20-4-1-5-22(16-20)36-15-3-12-33-13-10-29-11-14-33)34(21-7-8-21)28-32-25(19-37-28)24-18-31-27-23(24)6-2-9-30-27/h1-2,4-6,9,16,18-19,21,29H,3,7-8,10-15,17H2,(H,30,31). The third-order valence-electron chi connectivity index (χ3n) is 6.96. The number of benzene rings is 1. The number of aromatic nitrogens is 3. The van der Waals surface area contributed by atoms with E-state index in [0.717, 1.165) is 90.7 Å². The van der Waals surface area contributed by atoms with E-state index in [1.54, 1.807) is 6.20 Å². The first-order valence-corrected chi connectivity index (χ1v) is 14.0. The average molecular weight is 517 g/mol. The van der Waals surface area contributed by atoms with Crippen LogP contribution in [0.5, 0.6) is 5.75 Å². The summed E-state index contributed by atoms with van der Waals surface area (Å²) in [6.07, 6.45) is 7.09. The zero-order valence-electron chi connectivity index (χ0n) is 20.9. The minimum Gasteiger partial charge on any atom is -0.494 e. The molecule has 3 aromatic heterocycles. The maximum absolute atomic E-state index is 13.5. The van der Waals surface area contributed by atoms with Gasteiger partial charge in [-0.1, -0.05) is 12.1 Å². The Labute approximate surface area is 220 Å². The fourth-order valence-corrected chi connectivity index (χ4v) is 5.80. The van der Waals surface area contributed by atoms with Gasteiger partial charge >= 0.3 is 0 Å². The molecule has 0 unspecified atom stereocenters. The van der Waals surface area contributed by atoms with E-state index in [1.165, 1.54) is 11.3 Å². The van der Waals surface area contributed by atoms with Crippen molar-refractivity contribution in [3.63, 3.8) is 0 Å². The van der Waals surface area contributed by atoms with Crippen LogP contribution < -0.4 is 15.0 Å². The van der Waals surface area contributed by atoms with E-state index in [-0.39, 0.29) is 11.9 Å². The number of piperazine rings is 1. The second kappa shape index (κ2) is 11.0. The molecule has 9 heteroatoms. The average Bonchev–Trinajstić information content (AvgIpc) is 3.47. The van der Waals surface area contributed by atoms with Crippen molar-refractivity contribution in [2.24, 2.45) is 0 Å². The molecule has 1 aliphatic carbocycles. The number of nitrogens with one attached hydrogen (secondary N) is 2. The van der Waals surface area contributed by atoms with E-state index < -0.39 is 0 Å². The minimum absolute atomic E-state index is 0.0832. The van der Waals surface area contributed by atoms with E-state index in [2.05, 4.69) is 20.2 Å². The van der Waals surface area contributed by atoms with Gasteiger partial charge < -0.3 is 19.9 Å². The van der Waals surface area contributed by atoms with Crippen LogP contribution in [-0.2, 0) is 11.2 Å². The highest BCUT2D eigenvalue weighted by Crippen LogP contribution is 2.37. The van der Waals surface area contributed by atoms with Gasteiger partial charge in [-0.05, 0) is 49.1 Å². The molecule has 1 aliphatic heterocycles. The van der Waals surface area contributed by atoms with E-state index in [0.29, 0.717) is 13.0 Å². The Morgan fingerprint density at radius 3 is 2.95 bits per heavy atom. The summed E-state index contributed by atoms with van der Waals surface area (Å²) in [4.78, 5) is 30.3. The van der Waals surface area contributed by atoms with E-state index in [4.69, 9.17) is 9.72 Å². The predicted octanol–water partition coefficient (Wildman–Crippen LogP) is 4.10. The van der Waals surface area contributed by atoms with Crippen molar-refractivity contribution in [3.8, 4) is 17.0 Å². The first-order chi connectivity index (χ1) is 18.2. The van der Waals surface area contributed by atoms with Crippen molar-refractivity contribution < 1.29 is 9.53 Å². The quantitative estimate of drug-likeness (QED) is 0.309. The molecule has 4 aromatic rings. The molecule has 6 rings (SSSR count). The number of fused-ring (bicyclic) bond motifs is 1. The van der Waals surface area contributed by atoms with Crippen LogP contribution >= 0.6 is 11.3 Å². The summed E-state index contributed by atoms with van der Waals surface area (Å²) in [5, 5.41) is 7.22. The minimum atomic E-state index is 0.0832. The Kier molecular flexibility index (Phi) is 7.16. The lowest BCUT2D eigenvalue weighted by Crippen LogP contribution is -2.43. The molecular weight excluding hydrogens is 484 g/mol. The van der Waals surface area contributed by atoms with E-state index in [9.17, 15) is 4.79 Å². The van der Waals surface area contributed by atoms with E-state index in [1.807, 2.05) is 52.9 Å². The number of hydrogen-bond acceptors (Lipinski definition) is 7. The monoisotopic (exact) mass is 516 g/mol. The van der Waals surface area contributed by atoms with E-state index >= 15 is 0 Å². The number of ether oxygens (including phenoxy) is 1. The molecule has 2 aliphatic rings. The lowest BCUT2D eigenvalue weighted by molar-refractivity contribution is -0.118. The summed E-state index contributed by atoms with van der Waals surface area (Å²) < 4.78 is 6.02. The van der Waals surface area contributed by atoms with Gasteiger partial charge in [-0.15, -0.1) is 11.3 Å². The van der Waals surface area contributed by atoms with Crippen molar-refractivity contribution in [2.75, 3.05) is 44.2 Å². The molecule has 1 saturated carbocycles. The molecule has 4 heterocycles. The maximum atomic E-state index is 13.5. The van der Waals surface area contributed by atoms with Crippen molar-refractivity contribution in [1.29, 1.82) is 0 Å². The van der Waals surface area contributed by atoms with Crippen LogP contribution in [0.4, 0.5) is 5.13 Å². The number of carbonyl (C=O) groups is 1. The van der Waals surface area contributed by atoms with Gasteiger partial charge in [0.15, 0.2) is 5.13 Å². The summed E-state index contributed by atoms with van der Waals surface area (Å²) in [5.41, 5.74) is 3.69. The lowest BCUT2D eigenvalue weighted by Gasteiger charge is -2.26. The predicted molar refractivity (Wildman–Crippen MR) is 147 cm³/mol. The summed E-state index contributed by atoms with van der Waals surface area (Å²) in [6.45, 7) is 6.08. The fourth-order valence-electron chi connectivity index (χ4n) is 4.88. The zero-order chi connectivity index (χ0) is 25.0. The Morgan fingerprint density at radius 1 is 1.19 bits per heavy atom. The topological polar surface area (TPSA) is 86.4 Å². The molecule has 2 N–H and O–H groups in total. The molecule has 0 spiro atoms. The number of hydrogen-bond donors (Lipinski definition) is 2. The molecule has 1 saturated heterocycles. The van der Waals surface area contributed by atoms with Crippen molar-refractivity contribution >= 4 is 33.4 Å². The van der Waals surface area contributed by atoms with Crippen LogP contribution in [0.15, 0.2) is 54.2 Å². The van der Waals surface area contributed by atoms with Gasteiger partial charge in [0, 0.05) is 67.5 Å². The number of H-pyrrole nitrogens is 1. The number of carbonyl (C=O) groups excluding carboxylic acids is 1. The van der Waals surface area contributed by atoms with Crippen LogP contribution in [-0.4, -0.2) is 71.1 Å². The summed E-state index contributed by atoms with van der Waals surface area (Å²) in [7, 11) is 0. The molecule has 37 heavy (non-hydrogen) atoms. The highest BCUT2D eigenvalue weighted by Gasteiger charge is 2.35. The molecule has 1 aromatic carbocycles. The van der Waals surface area contributed by atoms with Gasteiger partial charge in [0.05, 0.1) is 18.7 Å². The fraction of sp³-hybridized carbons (Fsp3) is 0.393. The van der Waals surface area contributed by atoms with Crippen molar-refractivity contribution in [2.45, 2.75) is 31.7 Å². The second-order valence-corrected chi connectivity index (χ2v) is 10.6. The molecule has 192 valence electrons. The van der Waals surface area contributed by atoms with Gasteiger partial charge in [-0.3, -0.25) is 9.69 Å². The molecule has 0 bridgehead atoms. The number of amides is 1. The molecule has 1 amide bonds. The van der Waals surface area contributed by atoms with Gasteiger partial charge in [-0.25, -0.2) is 9.97 Å². The number of thiazole rings is 1. The summed E-state index contributed by atoms with van der Waals surface area (Å²) in [6, 6.07) is 12.2. The highest BCUT2D eigenvalue weighted by molar-refractivity contribution is 7.14. The number of rotatable bonds is 10. The van der Waals surface area contributed by atoms with Crippen LogP contribution in [0, 0.1) is 0 Å². The zero-order valence-corrected chi connectivity index (χ0v) is 21.7. The first kappa shape index (κ1) is 24.1. The molecular formula is C28H32N6O2S. The smallest absolute Gasteiger partial charge is 0.233 e.